The third-order valence-corrected chi connectivity index (χ3v) is 6.44. The van der Waals surface area contributed by atoms with Crippen LogP contribution in [0.2, 0.25) is 0 Å². The fourth-order valence-corrected chi connectivity index (χ4v) is 4.54. The minimum absolute atomic E-state index is 0.0806. The Bertz CT molecular complexity index is 1400. The molecule has 170 valence electrons. The van der Waals surface area contributed by atoms with Gasteiger partial charge in [-0.3, -0.25) is 4.79 Å². The predicted molar refractivity (Wildman–Crippen MR) is 133 cm³/mol. The average Bonchev–Trinajstić information content (AvgIpc) is 2.88. The van der Waals surface area contributed by atoms with Crippen LogP contribution < -0.4 is 15.2 Å². The SMILES string of the molecule is Cn1c(=O)cc(N2CCC(Oc3ccc(Cc4ccccc4)cc3)CC2)c2nc(C#N)ccc21. The van der Waals surface area contributed by atoms with Gasteiger partial charge in [-0.1, -0.05) is 42.5 Å². The maximum atomic E-state index is 12.5. The van der Waals surface area contributed by atoms with Gasteiger partial charge in [0.05, 0.1) is 11.2 Å². The molecule has 2 aromatic heterocycles. The van der Waals surface area contributed by atoms with Gasteiger partial charge < -0.3 is 14.2 Å². The van der Waals surface area contributed by atoms with Crippen molar-refractivity contribution in [1.29, 1.82) is 5.26 Å². The minimum atomic E-state index is -0.0806. The van der Waals surface area contributed by atoms with Crippen molar-refractivity contribution >= 4 is 16.7 Å². The first-order chi connectivity index (χ1) is 16.6. The molecule has 0 atom stereocenters. The van der Waals surface area contributed by atoms with Crippen LogP contribution in [-0.4, -0.2) is 28.7 Å². The summed E-state index contributed by atoms with van der Waals surface area (Å²) < 4.78 is 7.83. The monoisotopic (exact) mass is 450 g/mol. The van der Waals surface area contributed by atoms with Gasteiger partial charge in [0.25, 0.3) is 5.56 Å². The second-order valence-corrected chi connectivity index (χ2v) is 8.71. The number of hydrogen-bond donors (Lipinski definition) is 0. The highest BCUT2D eigenvalue weighted by molar-refractivity contribution is 5.88. The third-order valence-electron chi connectivity index (χ3n) is 6.44. The van der Waals surface area contributed by atoms with Crippen LogP contribution in [-0.2, 0) is 13.5 Å². The summed E-state index contributed by atoms with van der Waals surface area (Å²) in [5, 5.41) is 9.28. The maximum Gasteiger partial charge on any atom is 0.252 e. The zero-order valence-electron chi connectivity index (χ0n) is 19.1. The van der Waals surface area contributed by atoms with E-state index in [1.54, 1.807) is 29.8 Å². The first-order valence-corrected chi connectivity index (χ1v) is 11.6. The molecule has 6 heteroatoms. The standard InChI is InChI=1S/C28H26N4O2/c1-31-25-12-9-22(19-29)30-28(25)26(18-27(31)33)32-15-13-24(14-16-32)34-23-10-7-21(8-11-23)17-20-5-3-2-4-6-20/h2-12,18,24H,13-17H2,1H3. The summed E-state index contributed by atoms with van der Waals surface area (Å²) in [7, 11) is 1.73. The Kier molecular flexibility index (Phi) is 6.01. The number of nitriles is 1. The molecule has 5 rings (SSSR count). The second-order valence-electron chi connectivity index (χ2n) is 8.71. The number of anilines is 1. The van der Waals surface area contributed by atoms with Crippen LogP contribution in [0.3, 0.4) is 0 Å². The highest BCUT2D eigenvalue weighted by atomic mass is 16.5. The summed E-state index contributed by atoms with van der Waals surface area (Å²) in [6.07, 6.45) is 2.73. The van der Waals surface area contributed by atoms with Crippen LogP contribution in [0.5, 0.6) is 5.75 Å². The number of hydrogen-bond acceptors (Lipinski definition) is 5. The van der Waals surface area contributed by atoms with E-state index in [1.807, 2.05) is 18.2 Å². The molecule has 0 bridgehead atoms. The first kappa shape index (κ1) is 21.7. The van der Waals surface area contributed by atoms with Gasteiger partial charge in [0, 0.05) is 39.0 Å². The number of pyridine rings is 2. The van der Waals surface area contributed by atoms with Gasteiger partial charge in [-0.05, 0) is 41.8 Å². The molecule has 2 aromatic carbocycles. The summed E-state index contributed by atoms with van der Waals surface area (Å²) in [6, 6.07) is 26.0. The van der Waals surface area contributed by atoms with Gasteiger partial charge in [-0.2, -0.15) is 5.26 Å². The van der Waals surface area contributed by atoms with E-state index in [4.69, 9.17) is 4.74 Å². The maximum absolute atomic E-state index is 12.5. The largest absolute Gasteiger partial charge is 0.490 e. The number of piperidine rings is 1. The van der Waals surface area contributed by atoms with Crippen LogP contribution in [0.15, 0.2) is 77.6 Å². The lowest BCUT2D eigenvalue weighted by Crippen LogP contribution is -2.39. The van der Waals surface area contributed by atoms with Crippen molar-refractivity contribution in [3.8, 4) is 11.8 Å². The third kappa shape index (κ3) is 4.51. The number of rotatable bonds is 5. The summed E-state index contributed by atoms with van der Waals surface area (Å²) in [5.74, 6) is 0.884. The smallest absolute Gasteiger partial charge is 0.252 e. The fourth-order valence-electron chi connectivity index (χ4n) is 4.54. The molecule has 0 spiro atoms. The molecule has 0 saturated carbocycles. The lowest BCUT2D eigenvalue weighted by molar-refractivity contribution is 0.171. The van der Waals surface area contributed by atoms with Crippen molar-refractivity contribution in [2.24, 2.45) is 7.05 Å². The van der Waals surface area contributed by atoms with Crippen LogP contribution >= 0.6 is 0 Å². The van der Waals surface area contributed by atoms with Crippen molar-refractivity contribution in [2.75, 3.05) is 18.0 Å². The zero-order valence-corrected chi connectivity index (χ0v) is 19.1. The van der Waals surface area contributed by atoms with Crippen molar-refractivity contribution in [3.63, 3.8) is 0 Å². The van der Waals surface area contributed by atoms with E-state index in [0.29, 0.717) is 11.2 Å². The molecule has 1 aliphatic heterocycles. The number of nitrogens with zero attached hydrogens (tertiary/aromatic N) is 4. The number of aryl methyl sites for hydroxylation is 1. The fraction of sp³-hybridized carbons (Fsp3) is 0.250. The van der Waals surface area contributed by atoms with E-state index in [2.05, 4.69) is 52.4 Å². The highest BCUT2D eigenvalue weighted by Crippen LogP contribution is 2.28. The van der Waals surface area contributed by atoms with E-state index < -0.39 is 0 Å². The number of ether oxygens (including phenoxy) is 1. The molecule has 1 fully saturated rings. The van der Waals surface area contributed by atoms with Gasteiger partial charge in [-0.15, -0.1) is 0 Å². The van der Waals surface area contributed by atoms with Crippen molar-refractivity contribution < 1.29 is 4.74 Å². The van der Waals surface area contributed by atoms with Crippen molar-refractivity contribution in [1.82, 2.24) is 9.55 Å². The van der Waals surface area contributed by atoms with Crippen LogP contribution in [0.1, 0.15) is 29.7 Å². The Hall–Kier alpha value is -4.11. The Morgan fingerprint density at radius 3 is 2.41 bits per heavy atom. The molecule has 1 aliphatic rings. The molecule has 1 saturated heterocycles. The van der Waals surface area contributed by atoms with Gasteiger partial charge in [0.1, 0.15) is 29.1 Å². The molecule has 6 nitrogen and oxygen atoms in total. The molecular formula is C28H26N4O2. The number of benzene rings is 2. The van der Waals surface area contributed by atoms with E-state index in [1.165, 1.54) is 11.1 Å². The Balaban J connectivity index is 1.26. The Morgan fingerprint density at radius 2 is 1.71 bits per heavy atom. The lowest BCUT2D eigenvalue weighted by Gasteiger charge is -2.34. The first-order valence-electron chi connectivity index (χ1n) is 11.6. The van der Waals surface area contributed by atoms with Crippen LogP contribution in [0.25, 0.3) is 11.0 Å². The summed E-state index contributed by atoms with van der Waals surface area (Å²) in [6.45, 7) is 1.52. The zero-order chi connectivity index (χ0) is 23.5. The number of fused-ring (bicyclic) bond motifs is 1. The molecular weight excluding hydrogens is 424 g/mol. The second kappa shape index (κ2) is 9.40. The van der Waals surface area contributed by atoms with E-state index in [0.717, 1.165) is 49.3 Å². The topological polar surface area (TPSA) is 71.2 Å². The predicted octanol–water partition coefficient (Wildman–Crippen LogP) is 4.44. The molecule has 3 heterocycles. The quantitative estimate of drug-likeness (QED) is 0.449. The summed E-state index contributed by atoms with van der Waals surface area (Å²) in [5.41, 5.74) is 5.03. The van der Waals surface area contributed by atoms with Crippen LogP contribution in [0, 0.1) is 11.3 Å². The Morgan fingerprint density at radius 1 is 1.00 bits per heavy atom. The Labute approximate surface area is 198 Å². The van der Waals surface area contributed by atoms with Gasteiger partial charge in [-0.25, -0.2) is 4.98 Å². The van der Waals surface area contributed by atoms with Crippen LogP contribution in [0.4, 0.5) is 5.69 Å². The molecule has 0 N–H and O–H groups in total. The van der Waals surface area contributed by atoms with Crippen molar-refractivity contribution in [2.45, 2.75) is 25.4 Å². The molecule has 34 heavy (non-hydrogen) atoms. The lowest BCUT2D eigenvalue weighted by atomic mass is 10.0. The van der Waals surface area contributed by atoms with Crippen molar-refractivity contribution in [3.05, 3.63) is 100.0 Å². The number of aromatic nitrogens is 2. The average molecular weight is 451 g/mol. The van der Waals surface area contributed by atoms with E-state index in [-0.39, 0.29) is 11.7 Å². The van der Waals surface area contributed by atoms with E-state index >= 15 is 0 Å². The molecule has 0 aliphatic carbocycles. The van der Waals surface area contributed by atoms with Gasteiger partial charge in [0.15, 0.2) is 0 Å². The van der Waals surface area contributed by atoms with Gasteiger partial charge in [0.2, 0.25) is 0 Å². The summed E-state index contributed by atoms with van der Waals surface area (Å²) in [4.78, 5) is 19.2. The molecule has 0 unspecified atom stereocenters. The molecule has 4 aromatic rings. The van der Waals surface area contributed by atoms with Gasteiger partial charge >= 0.3 is 0 Å². The minimum Gasteiger partial charge on any atom is -0.490 e. The van der Waals surface area contributed by atoms with E-state index in [9.17, 15) is 10.1 Å². The molecule has 0 radical (unpaired) electrons. The summed E-state index contributed by atoms with van der Waals surface area (Å²) >= 11 is 0. The normalized spacial score (nSPS) is 14.2. The molecule has 0 amide bonds. The highest BCUT2D eigenvalue weighted by Gasteiger charge is 2.23.